The number of halogens is 2. The van der Waals surface area contributed by atoms with Gasteiger partial charge in [0.1, 0.15) is 17.2 Å². The van der Waals surface area contributed by atoms with Gasteiger partial charge in [0, 0.05) is 55.9 Å². The van der Waals surface area contributed by atoms with Crippen LogP contribution in [0.5, 0.6) is 0 Å². The molecule has 3 fully saturated rings. The molecular formula is C34H45F2N5O3. The monoisotopic (exact) mass is 609 g/mol. The van der Waals surface area contributed by atoms with Crippen LogP contribution in [0.2, 0.25) is 0 Å². The first-order chi connectivity index (χ1) is 21.1. The van der Waals surface area contributed by atoms with Crippen molar-refractivity contribution in [1.29, 1.82) is 0 Å². The number of nitrogens with zero attached hydrogens (tertiary/aromatic N) is 5. The Morgan fingerprint density at radius 2 is 1.82 bits per heavy atom. The minimum atomic E-state index is -0.599. The summed E-state index contributed by atoms with van der Waals surface area (Å²) in [6, 6.07) is 6.99. The molecule has 10 heteroatoms. The molecule has 1 aromatic carbocycles. The fourth-order valence-electron chi connectivity index (χ4n) is 7.21. The highest BCUT2D eigenvalue weighted by atomic mass is 19.1. The van der Waals surface area contributed by atoms with Crippen molar-refractivity contribution in [3.05, 3.63) is 59.2 Å². The maximum atomic E-state index is 15.4. The van der Waals surface area contributed by atoms with Crippen LogP contribution in [0.15, 0.2) is 30.5 Å². The van der Waals surface area contributed by atoms with E-state index in [1.54, 1.807) is 22.3 Å². The third-order valence-corrected chi connectivity index (χ3v) is 9.96. The van der Waals surface area contributed by atoms with Crippen molar-refractivity contribution in [2.75, 3.05) is 59.7 Å². The molecule has 0 spiro atoms. The number of pyridine rings is 1. The molecule has 1 unspecified atom stereocenters. The topological polar surface area (TPSA) is 62.6 Å². The Morgan fingerprint density at radius 3 is 2.55 bits per heavy atom. The third kappa shape index (κ3) is 6.01. The average Bonchev–Trinajstić information content (AvgIpc) is 3.27. The summed E-state index contributed by atoms with van der Waals surface area (Å²) in [7, 11) is 2.19. The van der Waals surface area contributed by atoms with Crippen molar-refractivity contribution < 1.29 is 23.0 Å². The van der Waals surface area contributed by atoms with Gasteiger partial charge in [-0.05, 0) is 69.0 Å². The van der Waals surface area contributed by atoms with Crippen LogP contribution >= 0.6 is 0 Å². The molecule has 3 saturated heterocycles. The van der Waals surface area contributed by atoms with E-state index >= 15 is 4.39 Å². The molecule has 3 atom stereocenters. The zero-order valence-corrected chi connectivity index (χ0v) is 26.6. The molecule has 8 nitrogen and oxygen atoms in total. The highest BCUT2D eigenvalue weighted by molar-refractivity contribution is 6.03. The molecule has 0 radical (unpaired) electrons. The highest BCUT2D eigenvalue weighted by Crippen LogP contribution is 2.38. The summed E-state index contributed by atoms with van der Waals surface area (Å²) < 4.78 is 43.1. The van der Waals surface area contributed by atoms with Gasteiger partial charge in [-0.15, -0.1) is 0 Å². The zero-order valence-electron chi connectivity index (χ0n) is 26.6. The molecule has 2 aromatic heterocycles. The molecule has 3 aliphatic rings. The van der Waals surface area contributed by atoms with E-state index in [2.05, 4.69) is 35.7 Å². The van der Waals surface area contributed by atoms with E-state index in [-0.39, 0.29) is 23.4 Å². The lowest BCUT2D eigenvalue weighted by Gasteiger charge is -2.47. The Kier molecular flexibility index (Phi) is 9.06. The van der Waals surface area contributed by atoms with E-state index in [0.717, 1.165) is 51.3 Å². The standard InChI is InChI=1S/C34H45F2N5O3/c1-21(2)31(9-7-27-20-44-12-10-38(27)5)39-16-25(17-39)24-14-29(32-33(36)37-23(4)41(32)18-24)28-8-6-26(35)15-30(28)34(42)40-11-13-43-19-22(40)3/h6,8,14-15,18,21-22,25,27,31H,7,9-13,16-17,19-20H2,1-5H3/t22-,27+,31?/m1/s1. The van der Waals surface area contributed by atoms with Gasteiger partial charge < -0.3 is 18.8 Å². The first kappa shape index (κ1) is 31.1. The van der Waals surface area contributed by atoms with Crippen molar-refractivity contribution >= 4 is 11.4 Å². The van der Waals surface area contributed by atoms with Crippen LogP contribution in [-0.2, 0) is 9.47 Å². The summed E-state index contributed by atoms with van der Waals surface area (Å²) in [5.74, 6) is -0.0755. The molecule has 0 saturated carbocycles. The van der Waals surface area contributed by atoms with Gasteiger partial charge in [-0.25, -0.2) is 9.37 Å². The molecule has 0 N–H and O–H groups in total. The Bertz CT molecular complexity index is 1500. The van der Waals surface area contributed by atoms with Crippen LogP contribution in [0.3, 0.4) is 0 Å². The van der Waals surface area contributed by atoms with Crippen LogP contribution in [0, 0.1) is 24.6 Å². The number of aromatic nitrogens is 2. The van der Waals surface area contributed by atoms with Crippen molar-refractivity contribution in [2.45, 2.75) is 64.6 Å². The number of ether oxygens (including phenoxy) is 2. The number of carbonyl (C=O) groups excluding carboxylic acids is 1. The second kappa shape index (κ2) is 12.8. The lowest BCUT2D eigenvalue weighted by atomic mass is 9.85. The number of likely N-dealkylation sites (tertiary alicyclic amines) is 1. The number of hydrogen-bond acceptors (Lipinski definition) is 6. The number of carbonyl (C=O) groups is 1. The highest BCUT2D eigenvalue weighted by Gasteiger charge is 2.36. The fraction of sp³-hybridized carbons (Fsp3) is 0.588. The minimum absolute atomic E-state index is 0.145. The van der Waals surface area contributed by atoms with Gasteiger partial charge in [-0.3, -0.25) is 14.6 Å². The van der Waals surface area contributed by atoms with E-state index < -0.39 is 11.8 Å². The summed E-state index contributed by atoms with van der Waals surface area (Å²) in [5, 5.41) is 0. The van der Waals surface area contributed by atoms with Gasteiger partial charge in [0.25, 0.3) is 5.91 Å². The number of aryl methyl sites for hydroxylation is 1. The Labute approximate surface area is 258 Å². The van der Waals surface area contributed by atoms with Crippen LogP contribution in [-0.4, -0.2) is 108 Å². The molecule has 238 valence electrons. The maximum Gasteiger partial charge on any atom is 0.254 e. The van der Waals surface area contributed by atoms with Crippen molar-refractivity contribution in [1.82, 2.24) is 24.1 Å². The molecule has 44 heavy (non-hydrogen) atoms. The molecule has 3 aromatic rings. The number of imidazole rings is 1. The lowest BCUT2D eigenvalue weighted by molar-refractivity contribution is -0.00623. The molecule has 0 bridgehead atoms. The summed E-state index contributed by atoms with van der Waals surface area (Å²) in [5.41, 5.74) is 2.66. The molecule has 1 amide bonds. The van der Waals surface area contributed by atoms with Crippen LogP contribution in [0.25, 0.3) is 16.6 Å². The van der Waals surface area contributed by atoms with Crippen LogP contribution < -0.4 is 0 Å². The Morgan fingerprint density at radius 1 is 1.07 bits per heavy atom. The number of hydrogen-bond donors (Lipinski definition) is 0. The second-order valence-electron chi connectivity index (χ2n) is 13.2. The summed E-state index contributed by atoms with van der Waals surface area (Å²) >= 11 is 0. The first-order valence-electron chi connectivity index (χ1n) is 16.0. The Hall–Kier alpha value is -2.92. The number of fused-ring (bicyclic) bond motifs is 1. The molecule has 0 aliphatic carbocycles. The molecule has 6 rings (SSSR count). The molecule has 3 aliphatic heterocycles. The SMILES string of the molecule is Cc1nc(F)c2c(-c3ccc(F)cc3C(=O)N3CCOC[C@H]3C)cc(C3CN(C(CC[C@H]4COCCN4C)C(C)C)C3)cn12. The minimum Gasteiger partial charge on any atom is -0.378 e. The Balaban J connectivity index is 1.29. The van der Waals surface area contributed by atoms with E-state index in [0.29, 0.717) is 60.2 Å². The van der Waals surface area contributed by atoms with E-state index in [1.165, 1.54) is 12.1 Å². The molecule has 5 heterocycles. The van der Waals surface area contributed by atoms with Gasteiger partial charge in [-0.1, -0.05) is 19.9 Å². The van der Waals surface area contributed by atoms with Crippen LogP contribution in [0.4, 0.5) is 8.78 Å². The summed E-state index contributed by atoms with van der Waals surface area (Å²) in [4.78, 5) is 24.7. The normalized spacial score (nSPS) is 23.0. The van der Waals surface area contributed by atoms with Crippen molar-refractivity contribution in [3.63, 3.8) is 0 Å². The zero-order chi connectivity index (χ0) is 31.1. The first-order valence-corrected chi connectivity index (χ1v) is 16.0. The van der Waals surface area contributed by atoms with Crippen molar-refractivity contribution in [2.24, 2.45) is 5.92 Å². The van der Waals surface area contributed by atoms with Gasteiger partial charge in [-0.2, -0.15) is 4.39 Å². The quantitative estimate of drug-likeness (QED) is 0.359. The van der Waals surface area contributed by atoms with Gasteiger partial charge in [0.2, 0.25) is 5.95 Å². The van der Waals surface area contributed by atoms with Crippen molar-refractivity contribution in [3.8, 4) is 11.1 Å². The van der Waals surface area contributed by atoms with E-state index in [9.17, 15) is 9.18 Å². The number of rotatable bonds is 8. The predicted octanol–water partition coefficient (Wildman–Crippen LogP) is 4.98. The largest absolute Gasteiger partial charge is 0.378 e. The number of amides is 1. The van der Waals surface area contributed by atoms with Crippen LogP contribution in [0.1, 0.15) is 61.3 Å². The smallest absolute Gasteiger partial charge is 0.254 e. The van der Waals surface area contributed by atoms with E-state index in [1.807, 2.05) is 19.2 Å². The maximum absolute atomic E-state index is 15.4. The summed E-state index contributed by atoms with van der Waals surface area (Å²) in [6.45, 7) is 14.0. The second-order valence-corrected chi connectivity index (χ2v) is 13.2. The third-order valence-electron chi connectivity index (χ3n) is 9.96. The average molecular weight is 610 g/mol. The lowest BCUT2D eigenvalue weighted by Crippen LogP contribution is -2.53. The van der Waals surface area contributed by atoms with Gasteiger partial charge in [0.05, 0.1) is 38.0 Å². The fourth-order valence-corrected chi connectivity index (χ4v) is 7.21. The molecular weight excluding hydrogens is 564 g/mol. The summed E-state index contributed by atoms with van der Waals surface area (Å²) in [6.07, 6.45) is 4.20. The van der Waals surface area contributed by atoms with Gasteiger partial charge in [0.15, 0.2) is 0 Å². The van der Waals surface area contributed by atoms with Gasteiger partial charge >= 0.3 is 0 Å². The number of likely N-dealkylation sites (N-methyl/N-ethyl adjacent to an activating group) is 1. The number of benzene rings is 1. The number of morpholine rings is 2. The van der Waals surface area contributed by atoms with E-state index in [4.69, 9.17) is 9.47 Å². The predicted molar refractivity (Wildman–Crippen MR) is 166 cm³/mol.